The van der Waals surface area contributed by atoms with Crippen LogP contribution in [0, 0.1) is 5.92 Å². The maximum Gasteiger partial charge on any atom is 0.209 e. The minimum atomic E-state index is -3.36. The molecule has 1 saturated heterocycles. The number of anilines is 1. The molecular weight excluding hydrogens is 274 g/mol. The van der Waals surface area contributed by atoms with Crippen molar-refractivity contribution in [3.63, 3.8) is 0 Å². The standard InChI is InChI=1S/C11H16ClN3O2S/c12-10-1-2-11(14-7-10)15-5-3-9(4-6-15)8-18(13,16)17/h1-2,7,9H,3-6,8H2,(H2,13,16,17). The average molecular weight is 290 g/mol. The molecule has 1 aromatic rings. The smallest absolute Gasteiger partial charge is 0.209 e. The van der Waals surface area contributed by atoms with Crippen LogP contribution in [0.2, 0.25) is 5.02 Å². The molecule has 7 heteroatoms. The van der Waals surface area contributed by atoms with Crippen molar-refractivity contribution < 1.29 is 8.42 Å². The lowest BCUT2D eigenvalue weighted by Crippen LogP contribution is -2.37. The number of hydrogen-bond acceptors (Lipinski definition) is 4. The summed E-state index contributed by atoms with van der Waals surface area (Å²) in [7, 11) is -3.36. The molecule has 1 aliphatic heterocycles. The number of hydrogen-bond donors (Lipinski definition) is 1. The largest absolute Gasteiger partial charge is 0.357 e. The van der Waals surface area contributed by atoms with Crippen molar-refractivity contribution in [1.29, 1.82) is 0 Å². The molecule has 1 aliphatic rings. The van der Waals surface area contributed by atoms with Gasteiger partial charge in [0.2, 0.25) is 10.0 Å². The van der Waals surface area contributed by atoms with E-state index in [9.17, 15) is 8.42 Å². The van der Waals surface area contributed by atoms with Crippen LogP contribution >= 0.6 is 11.6 Å². The molecule has 0 saturated carbocycles. The summed E-state index contributed by atoms with van der Waals surface area (Å²) in [6.45, 7) is 1.60. The summed E-state index contributed by atoms with van der Waals surface area (Å²) < 4.78 is 22.1. The third-order valence-corrected chi connectivity index (χ3v) is 4.28. The van der Waals surface area contributed by atoms with Crippen LogP contribution in [0.3, 0.4) is 0 Å². The van der Waals surface area contributed by atoms with Crippen LogP contribution < -0.4 is 10.0 Å². The van der Waals surface area contributed by atoms with E-state index in [0.717, 1.165) is 31.7 Å². The van der Waals surface area contributed by atoms with E-state index in [1.54, 1.807) is 12.3 Å². The number of halogens is 1. The minimum Gasteiger partial charge on any atom is -0.357 e. The molecule has 5 nitrogen and oxygen atoms in total. The number of pyridine rings is 1. The fraction of sp³-hybridized carbons (Fsp3) is 0.545. The zero-order valence-corrected chi connectivity index (χ0v) is 11.5. The van der Waals surface area contributed by atoms with E-state index in [0.29, 0.717) is 5.02 Å². The van der Waals surface area contributed by atoms with Gasteiger partial charge in [-0.3, -0.25) is 0 Å². The second-order valence-electron chi connectivity index (χ2n) is 4.59. The molecule has 0 amide bonds. The predicted molar refractivity (Wildman–Crippen MR) is 72.2 cm³/mol. The fourth-order valence-electron chi connectivity index (χ4n) is 2.21. The Kier molecular flexibility index (Phi) is 4.09. The monoisotopic (exact) mass is 289 g/mol. The Labute approximate surface area is 112 Å². The van der Waals surface area contributed by atoms with Crippen molar-refractivity contribution in [3.8, 4) is 0 Å². The minimum absolute atomic E-state index is 0.0783. The number of aromatic nitrogens is 1. The Balaban J connectivity index is 1.92. The number of nitrogens with zero attached hydrogens (tertiary/aromatic N) is 2. The van der Waals surface area contributed by atoms with Gasteiger partial charge < -0.3 is 4.90 Å². The highest BCUT2D eigenvalue weighted by atomic mass is 35.5. The summed E-state index contributed by atoms with van der Waals surface area (Å²) in [5, 5.41) is 5.67. The number of rotatable bonds is 3. The highest BCUT2D eigenvalue weighted by Crippen LogP contribution is 2.23. The SMILES string of the molecule is NS(=O)(=O)CC1CCN(c2ccc(Cl)cn2)CC1. The molecule has 18 heavy (non-hydrogen) atoms. The lowest BCUT2D eigenvalue weighted by atomic mass is 9.99. The molecule has 1 fully saturated rings. The molecule has 0 radical (unpaired) electrons. The van der Waals surface area contributed by atoms with Crippen molar-refractivity contribution in [2.24, 2.45) is 11.1 Å². The highest BCUT2D eigenvalue weighted by molar-refractivity contribution is 7.89. The summed E-state index contributed by atoms with van der Waals surface area (Å²) in [6.07, 6.45) is 3.26. The van der Waals surface area contributed by atoms with Crippen molar-refractivity contribution in [3.05, 3.63) is 23.4 Å². The van der Waals surface area contributed by atoms with Crippen molar-refractivity contribution in [2.45, 2.75) is 12.8 Å². The van der Waals surface area contributed by atoms with E-state index in [-0.39, 0.29) is 11.7 Å². The van der Waals surface area contributed by atoms with Crippen molar-refractivity contribution >= 4 is 27.4 Å². The molecule has 2 N–H and O–H groups in total. The van der Waals surface area contributed by atoms with E-state index in [2.05, 4.69) is 9.88 Å². The zero-order chi connectivity index (χ0) is 13.2. The molecule has 100 valence electrons. The number of piperidine rings is 1. The van der Waals surface area contributed by atoms with Gasteiger partial charge >= 0.3 is 0 Å². The molecule has 1 aromatic heterocycles. The zero-order valence-electron chi connectivity index (χ0n) is 9.92. The van der Waals surface area contributed by atoms with Gasteiger partial charge in [-0.1, -0.05) is 11.6 Å². The van der Waals surface area contributed by atoms with Gasteiger partial charge in [0.15, 0.2) is 0 Å². The van der Waals surface area contributed by atoms with E-state index < -0.39 is 10.0 Å². The highest BCUT2D eigenvalue weighted by Gasteiger charge is 2.23. The van der Waals surface area contributed by atoms with Crippen LogP contribution in [0.5, 0.6) is 0 Å². The van der Waals surface area contributed by atoms with Gasteiger partial charge in [0.05, 0.1) is 10.8 Å². The van der Waals surface area contributed by atoms with Crippen LogP contribution in [0.15, 0.2) is 18.3 Å². The van der Waals surface area contributed by atoms with Crippen LogP contribution in [-0.4, -0.2) is 32.2 Å². The van der Waals surface area contributed by atoms with Gasteiger partial charge in [0.1, 0.15) is 5.82 Å². The fourth-order valence-corrected chi connectivity index (χ4v) is 3.31. The molecule has 0 aromatic carbocycles. The van der Waals surface area contributed by atoms with Crippen molar-refractivity contribution in [1.82, 2.24) is 4.98 Å². The third kappa shape index (κ3) is 3.83. The number of nitrogens with two attached hydrogens (primary N) is 1. The van der Waals surface area contributed by atoms with Gasteiger partial charge in [0.25, 0.3) is 0 Å². The number of primary sulfonamides is 1. The van der Waals surface area contributed by atoms with Gasteiger partial charge in [-0.25, -0.2) is 18.5 Å². The molecule has 0 spiro atoms. The Bertz CT molecular complexity index is 496. The quantitative estimate of drug-likeness (QED) is 0.908. The summed E-state index contributed by atoms with van der Waals surface area (Å²) in [5.74, 6) is 1.12. The second-order valence-corrected chi connectivity index (χ2v) is 6.69. The maximum atomic E-state index is 11.0. The van der Waals surface area contributed by atoms with Crippen LogP contribution in [-0.2, 0) is 10.0 Å². The topological polar surface area (TPSA) is 76.3 Å². The Hall–Kier alpha value is -0.850. The van der Waals surface area contributed by atoms with Gasteiger partial charge in [-0.15, -0.1) is 0 Å². The molecule has 2 heterocycles. The first-order valence-electron chi connectivity index (χ1n) is 5.81. The van der Waals surface area contributed by atoms with E-state index in [4.69, 9.17) is 16.7 Å². The van der Waals surface area contributed by atoms with Crippen molar-refractivity contribution in [2.75, 3.05) is 23.7 Å². The summed E-state index contributed by atoms with van der Waals surface area (Å²) in [4.78, 5) is 6.39. The molecule has 0 bridgehead atoms. The number of sulfonamides is 1. The first-order chi connectivity index (χ1) is 8.44. The Morgan fingerprint density at radius 2 is 2.06 bits per heavy atom. The molecular formula is C11H16ClN3O2S. The van der Waals surface area contributed by atoms with Crippen LogP contribution in [0.1, 0.15) is 12.8 Å². The summed E-state index contributed by atoms with van der Waals surface area (Å²) >= 11 is 5.78. The average Bonchev–Trinajstić information content (AvgIpc) is 2.29. The normalized spacial score (nSPS) is 18.0. The van der Waals surface area contributed by atoms with Crippen LogP contribution in [0.4, 0.5) is 5.82 Å². The van der Waals surface area contributed by atoms with E-state index >= 15 is 0 Å². The molecule has 0 unspecified atom stereocenters. The van der Waals surface area contributed by atoms with Crippen LogP contribution in [0.25, 0.3) is 0 Å². The van der Waals surface area contributed by atoms with Gasteiger partial charge in [-0.2, -0.15) is 0 Å². The molecule has 2 rings (SSSR count). The maximum absolute atomic E-state index is 11.0. The first-order valence-corrected chi connectivity index (χ1v) is 7.90. The first kappa shape index (κ1) is 13.6. The summed E-state index contributed by atoms with van der Waals surface area (Å²) in [6, 6.07) is 3.68. The molecule has 0 aliphatic carbocycles. The van der Waals surface area contributed by atoms with Gasteiger partial charge in [0, 0.05) is 19.3 Å². The third-order valence-electron chi connectivity index (χ3n) is 3.12. The second kappa shape index (κ2) is 5.42. The lowest BCUT2D eigenvalue weighted by molar-refractivity contribution is 0.434. The Morgan fingerprint density at radius 3 is 2.56 bits per heavy atom. The molecule has 0 atom stereocenters. The van der Waals surface area contributed by atoms with Gasteiger partial charge in [-0.05, 0) is 30.9 Å². The predicted octanol–water partition coefficient (Wildman–Crippen LogP) is 1.24. The summed E-state index contributed by atoms with van der Waals surface area (Å²) in [5.41, 5.74) is 0. The van der Waals surface area contributed by atoms with E-state index in [1.165, 1.54) is 0 Å². The van der Waals surface area contributed by atoms with E-state index in [1.807, 2.05) is 6.07 Å². The lowest BCUT2D eigenvalue weighted by Gasteiger charge is -2.32. The Morgan fingerprint density at radius 1 is 1.39 bits per heavy atom.